The number of imidazole rings is 1. The van der Waals surface area contributed by atoms with Crippen molar-refractivity contribution in [2.75, 3.05) is 0 Å². The van der Waals surface area contributed by atoms with Crippen LogP contribution >= 0.6 is 0 Å². The number of hydrogen-bond donors (Lipinski definition) is 1. The van der Waals surface area contributed by atoms with Crippen molar-refractivity contribution in [3.05, 3.63) is 17.5 Å². The predicted octanol–water partition coefficient (Wildman–Crippen LogP) is 1.88. The van der Waals surface area contributed by atoms with Crippen LogP contribution in [0.3, 0.4) is 0 Å². The molecule has 62 valence electrons. The van der Waals surface area contributed by atoms with Crippen LogP contribution in [0.25, 0.3) is 0 Å². The lowest BCUT2D eigenvalue weighted by Gasteiger charge is -1.98. The Morgan fingerprint density at radius 3 is 2.09 bits per heavy atom. The molecule has 0 bridgehead atoms. The van der Waals surface area contributed by atoms with Crippen LogP contribution in [0.4, 0.5) is 17.6 Å². The molecule has 11 heavy (non-hydrogen) atoms. The SMILES string of the molecule is Cc1[nH]c(C(F)(F)F)nc1F. The predicted molar refractivity (Wildman–Crippen MR) is 28.3 cm³/mol. The van der Waals surface area contributed by atoms with Crippen LogP contribution in [0.5, 0.6) is 0 Å². The average molecular weight is 168 g/mol. The monoisotopic (exact) mass is 168 g/mol. The molecule has 0 saturated carbocycles. The van der Waals surface area contributed by atoms with E-state index in [0.717, 1.165) is 0 Å². The van der Waals surface area contributed by atoms with E-state index < -0.39 is 17.9 Å². The summed E-state index contributed by atoms with van der Waals surface area (Å²) < 4.78 is 47.4. The van der Waals surface area contributed by atoms with Gasteiger partial charge in [0.1, 0.15) is 0 Å². The van der Waals surface area contributed by atoms with Gasteiger partial charge in [-0.05, 0) is 6.92 Å². The van der Waals surface area contributed by atoms with Crippen molar-refractivity contribution in [2.24, 2.45) is 0 Å². The summed E-state index contributed by atoms with van der Waals surface area (Å²) in [5.74, 6) is -2.41. The van der Waals surface area contributed by atoms with Crippen molar-refractivity contribution in [2.45, 2.75) is 13.1 Å². The lowest BCUT2D eigenvalue weighted by molar-refractivity contribution is -0.144. The first-order chi connectivity index (χ1) is 4.91. The lowest BCUT2D eigenvalue weighted by atomic mass is 10.5. The summed E-state index contributed by atoms with van der Waals surface area (Å²) >= 11 is 0. The van der Waals surface area contributed by atoms with Gasteiger partial charge in [-0.1, -0.05) is 0 Å². The number of aromatic nitrogens is 2. The smallest absolute Gasteiger partial charge is 0.336 e. The summed E-state index contributed by atoms with van der Waals surface area (Å²) in [5, 5.41) is 0. The van der Waals surface area contributed by atoms with Crippen molar-refractivity contribution in [1.29, 1.82) is 0 Å². The second kappa shape index (κ2) is 2.21. The maximum absolute atomic E-state index is 12.2. The zero-order chi connectivity index (χ0) is 8.65. The molecule has 0 fully saturated rings. The van der Waals surface area contributed by atoms with Crippen molar-refractivity contribution in [3.8, 4) is 0 Å². The molecule has 1 aromatic heterocycles. The number of hydrogen-bond acceptors (Lipinski definition) is 1. The first kappa shape index (κ1) is 8.03. The average Bonchev–Trinajstić information content (AvgIpc) is 2.11. The van der Waals surface area contributed by atoms with E-state index in [1.54, 1.807) is 4.98 Å². The summed E-state index contributed by atoms with van der Waals surface area (Å²) in [5.41, 5.74) is -0.211. The van der Waals surface area contributed by atoms with E-state index in [1.165, 1.54) is 6.92 Å². The second-order valence-electron chi connectivity index (χ2n) is 2.00. The van der Waals surface area contributed by atoms with E-state index in [4.69, 9.17) is 0 Å². The van der Waals surface area contributed by atoms with Crippen molar-refractivity contribution in [3.63, 3.8) is 0 Å². The van der Waals surface area contributed by atoms with Gasteiger partial charge in [-0.2, -0.15) is 22.5 Å². The number of rotatable bonds is 0. The van der Waals surface area contributed by atoms with E-state index in [1.807, 2.05) is 0 Å². The van der Waals surface area contributed by atoms with E-state index in [2.05, 4.69) is 4.98 Å². The highest BCUT2D eigenvalue weighted by Crippen LogP contribution is 2.26. The molecule has 1 heterocycles. The Morgan fingerprint density at radius 2 is 1.91 bits per heavy atom. The van der Waals surface area contributed by atoms with Gasteiger partial charge in [0.05, 0.1) is 5.69 Å². The van der Waals surface area contributed by atoms with Gasteiger partial charge in [0.2, 0.25) is 11.8 Å². The second-order valence-corrected chi connectivity index (χ2v) is 2.00. The summed E-state index contributed by atoms with van der Waals surface area (Å²) in [4.78, 5) is 4.41. The van der Waals surface area contributed by atoms with Gasteiger partial charge in [0.25, 0.3) is 0 Å². The number of halogens is 4. The molecule has 0 unspecified atom stereocenters. The fourth-order valence-corrected chi connectivity index (χ4v) is 0.573. The van der Waals surface area contributed by atoms with Crippen LogP contribution in [0.1, 0.15) is 11.5 Å². The molecule has 0 aromatic carbocycles. The third kappa shape index (κ3) is 1.50. The number of aryl methyl sites for hydroxylation is 1. The maximum atomic E-state index is 12.2. The Balaban J connectivity index is 3.08. The van der Waals surface area contributed by atoms with Crippen molar-refractivity contribution < 1.29 is 17.6 Å². The number of nitrogens with one attached hydrogen (secondary N) is 1. The van der Waals surface area contributed by atoms with Gasteiger partial charge in [0.15, 0.2) is 0 Å². The van der Waals surface area contributed by atoms with E-state index >= 15 is 0 Å². The largest absolute Gasteiger partial charge is 0.449 e. The minimum atomic E-state index is -4.60. The molecular formula is C5H4F4N2. The Hall–Kier alpha value is -1.07. The zero-order valence-electron chi connectivity index (χ0n) is 5.46. The third-order valence-electron chi connectivity index (χ3n) is 1.09. The van der Waals surface area contributed by atoms with Crippen molar-refractivity contribution in [1.82, 2.24) is 9.97 Å². The molecule has 1 rings (SSSR count). The van der Waals surface area contributed by atoms with Crippen LogP contribution in [0.15, 0.2) is 0 Å². The number of alkyl halides is 3. The van der Waals surface area contributed by atoms with Gasteiger partial charge < -0.3 is 4.98 Å². The Morgan fingerprint density at radius 1 is 1.36 bits per heavy atom. The molecule has 1 aromatic rings. The zero-order valence-corrected chi connectivity index (χ0v) is 5.46. The minimum absolute atomic E-state index is 0.211. The number of H-pyrrole nitrogens is 1. The molecule has 6 heteroatoms. The normalized spacial score (nSPS) is 12.1. The Kier molecular flexibility index (Phi) is 1.62. The Labute approximate surface area is 59.3 Å². The van der Waals surface area contributed by atoms with Crippen LogP contribution in [0, 0.1) is 12.9 Å². The maximum Gasteiger partial charge on any atom is 0.449 e. The van der Waals surface area contributed by atoms with Gasteiger partial charge in [-0.25, -0.2) is 0 Å². The molecule has 2 nitrogen and oxygen atoms in total. The molecule has 0 saturated heterocycles. The highest BCUT2D eigenvalue weighted by atomic mass is 19.4. The van der Waals surface area contributed by atoms with Crippen LogP contribution in [-0.4, -0.2) is 9.97 Å². The molecule has 0 aliphatic carbocycles. The van der Waals surface area contributed by atoms with Gasteiger partial charge in [-0.15, -0.1) is 0 Å². The fourth-order valence-electron chi connectivity index (χ4n) is 0.573. The summed E-state index contributed by atoms with van der Waals surface area (Å²) in [6, 6.07) is 0. The first-order valence-electron chi connectivity index (χ1n) is 2.70. The fraction of sp³-hybridized carbons (Fsp3) is 0.400. The molecule has 0 spiro atoms. The molecule has 0 aliphatic rings. The third-order valence-corrected chi connectivity index (χ3v) is 1.09. The minimum Gasteiger partial charge on any atom is -0.336 e. The number of nitrogens with zero attached hydrogens (tertiary/aromatic N) is 1. The van der Waals surface area contributed by atoms with E-state index in [0.29, 0.717) is 0 Å². The van der Waals surface area contributed by atoms with Gasteiger partial charge >= 0.3 is 6.18 Å². The van der Waals surface area contributed by atoms with Crippen LogP contribution < -0.4 is 0 Å². The summed E-state index contributed by atoms with van der Waals surface area (Å²) in [6.07, 6.45) is -4.60. The van der Waals surface area contributed by atoms with E-state index in [9.17, 15) is 17.6 Å². The quantitative estimate of drug-likeness (QED) is 0.588. The Bertz CT molecular complexity index is 242. The van der Waals surface area contributed by atoms with Crippen LogP contribution in [0.2, 0.25) is 0 Å². The molecule has 1 N–H and O–H groups in total. The lowest BCUT2D eigenvalue weighted by Crippen LogP contribution is -2.07. The standard InChI is InChI=1S/C5H4F4N2/c1-2-3(6)11-4(10-2)5(7,8)9/h1H3,(H,10,11). The molecule has 0 radical (unpaired) electrons. The topological polar surface area (TPSA) is 28.7 Å². The van der Waals surface area contributed by atoms with Gasteiger partial charge in [-0.3, -0.25) is 0 Å². The summed E-state index contributed by atoms with van der Waals surface area (Å²) in [6.45, 7) is 1.18. The van der Waals surface area contributed by atoms with Crippen LogP contribution in [-0.2, 0) is 6.18 Å². The van der Waals surface area contributed by atoms with E-state index in [-0.39, 0.29) is 5.69 Å². The highest BCUT2D eigenvalue weighted by Gasteiger charge is 2.35. The molecular weight excluding hydrogens is 164 g/mol. The molecule has 0 atom stereocenters. The summed E-state index contributed by atoms with van der Waals surface area (Å²) in [7, 11) is 0. The van der Waals surface area contributed by atoms with Crippen molar-refractivity contribution >= 4 is 0 Å². The van der Waals surface area contributed by atoms with Gasteiger partial charge in [0, 0.05) is 0 Å². The molecule has 0 amide bonds. The first-order valence-corrected chi connectivity index (χ1v) is 2.70. The molecule has 0 aliphatic heterocycles. The number of aromatic amines is 1. The highest BCUT2D eigenvalue weighted by molar-refractivity contribution is 5.03.